The molecule has 0 bridgehead atoms. The molecule has 0 spiro atoms. The highest BCUT2D eigenvalue weighted by Crippen LogP contribution is 2.15. The van der Waals surface area contributed by atoms with Gasteiger partial charge in [-0.2, -0.15) is 13.2 Å². The van der Waals surface area contributed by atoms with E-state index < -0.39 is 30.6 Å². The van der Waals surface area contributed by atoms with Crippen molar-refractivity contribution in [2.75, 3.05) is 19.7 Å². The van der Waals surface area contributed by atoms with Gasteiger partial charge in [0, 0.05) is 11.5 Å². The number of alkyl halides is 3. The van der Waals surface area contributed by atoms with Gasteiger partial charge in [-0.3, -0.25) is 4.79 Å². The number of aliphatic hydroxyl groups is 1. The summed E-state index contributed by atoms with van der Waals surface area (Å²) in [6.45, 7) is -0.236. The number of aliphatic hydroxyl groups excluding tert-OH is 1. The van der Waals surface area contributed by atoms with Crippen molar-refractivity contribution in [2.24, 2.45) is 5.11 Å². The first-order valence-electron chi connectivity index (χ1n) is 6.34. The minimum atomic E-state index is -4.90. The van der Waals surface area contributed by atoms with E-state index in [0.717, 1.165) is 0 Å². The lowest BCUT2D eigenvalue weighted by atomic mass is 10.1. The molecule has 1 aliphatic rings. The number of amides is 1. The van der Waals surface area contributed by atoms with Gasteiger partial charge in [0.05, 0.1) is 25.4 Å². The average molecular weight is 324 g/mol. The summed E-state index contributed by atoms with van der Waals surface area (Å²) in [5, 5.41) is 14.5. The molecule has 1 heterocycles. The average Bonchev–Trinajstić information content (AvgIpc) is 2.45. The van der Waals surface area contributed by atoms with E-state index in [1.165, 1.54) is 12.2 Å². The summed E-state index contributed by atoms with van der Waals surface area (Å²) < 4.78 is 46.2. The Morgan fingerprint density at radius 1 is 1.50 bits per heavy atom. The second kappa shape index (κ2) is 8.59. The van der Waals surface area contributed by atoms with Crippen LogP contribution in [0.15, 0.2) is 17.3 Å². The third-order valence-corrected chi connectivity index (χ3v) is 2.63. The first-order chi connectivity index (χ1) is 10.3. The molecule has 3 atom stereocenters. The zero-order valence-corrected chi connectivity index (χ0v) is 11.4. The largest absolute Gasteiger partial charge is 0.471 e. The monoisotopic (exact) mass is 324 g/mol. The summed E-state index contributed by atoms with van der Waals surface area (Å²) >= 11 is 0. The highest BCUT2D eigenvalue weighted by Gasteiger charge is 2.38. The number of azide groups is 1. The first-order valence-corrected chi connectivity index (χ1v) is 6.34. The molecule has 0 aromatic carbocycles. The molecule has 124 valence electrons. The Bertz CT molecular complexity index is 451. The third kappa shape index (κ3) is 6.31. The van der Waals surface area contributed by atoms with Gasteiger partial charge in [0.1, 0.15) is 0 Å². The lowest BCUT2D eigenvalue weighted by Crippen LogP contribution is -2.39. The Morgan fingerprint density at radius 3 is 2.86 bits per heavy atom. The van der Waals surface area contributed by atoms with Crippen LogP contribution in [-0.2, 0) is 14.3 Å². The van der Waals surface area contributed by atoms with Gasteiger partial charge in [-0.25, -0.2) is 0 Å². The Balaban J connectivity index is 2.24. The van der Waals surface area contributed by atoms with Crippen LogP contribution in [0.3, 0.4) is 0 Å². The van der Waals surface area contributed by atoms with Gasteiger partial charge >= 0.3 is 12.1 Å². The number of rotatable bonds is 7. The van der Waals surface area contributed by atoms with Crippen molar-refractivity contribution < 1.29 is 32.5 Å². The van der Waals surface area contributed by atoms with Crippen molar-refractivity contribution in [1.29, 1.82) is 0 Å². The Morgan fingerprint density at radius 2 is 2.23 bits per heavy atom. The van der Waals surface area contributed by atoms with Crippen LogP contribution in [0.5, 0.6) is 0 Å². The number of nitrogens with zero attached hydrogens (tertiary/aromatic N) is 3. The number of hydrogen-bond donors (Lipinski definition) is 2. The van der Waals surface area contributed by atoms with Crippen LogP contribution in [0.2, 0.25) is 0 Å². The zero-order valence-electron chi connectivity index (χ0n) is 11.4. The number of carbonyl (C=O) groups excluding carboxylic acids is 1. The van der Waals surface area contributed by atoms with E-state index >= 15 is 0 Å². The molecule has 0 radical (unpaired) electrons. The van der Waals surface area contributed by atoms with Gasteiger partial charge in [0.15, 0.2) is 6.29 Å². The van der Waals surface area contributed by atoms with Crippen LogP contribution in [-0.4, -0.2) is 55.4 Å². The highest BCUT2D eigenvalue weighted by molar-refractivity contribution is 5.81. The van der Waals surface area contributed by atoms with E-state index in [0.29, 0.717) is 0 Å². The Kier molecular flexibility index (Phi) is 7.12. The van der Waals surface area contributed by atoms with Crippen LogP contribution in [0.25, 0.3) is 10.4 Å². The molecular formula is C11H15F3N4O4. The zero-order chi connectivity index (χ0) is 16.6. The number of nitrogens with one attached hydrogen (secondary N) is 1. The second-order valence-electron chi connectivity index (χ2n) is 4.31. The van der Waals surface area contributed by atoms with Crippen molar-refractivity contribution in [3.05, 3.63) is 22.6 Å². The van der Waals surface area contributed by atoms with Crippen LogP contribution in [0.4, 0.5) is 13.2 Å². The van der Waals surface area contributed by atoms with Crippen molar-refractivity contribution in [1.82, 2.24) is 5.32 Å². The molecule has 1 amide bonds. The SMILES string of the molecule is [N-]=[N+]=NC[C@H]1OC(OCCCNC(=O)C(F)(F)F)C=C[C@@H]1O. The molecule has 1 aliphatic heterocycles. The molecule has 0 saturated heterocycles. The van der Waals surface area contributed by atoms with Gasteiger partial charge in [-0.1, -0.05) is 11.2 Å². The second-order valence-corrected chi connectivity index (χ2v) is 4.31. The van der Waals surface area contributed by atoms with Crippen LogP contribution in [0.1, 0.15) is 6.42 Å². The first kappa shape index (κ1) is 18.2. The number of halogens is 3. The molecular weight excluding hydrogens is 309 g/mol. The standard InChI is InChI=1S/C11H15F3N4O4/c12-11(13,14)10(20)16-4-1-5-21-9-3-2-7(19)8(22-9)6-17-18-15/h2-3,7-9,19H,1,4-6H2,(H,16,20)/t7-,8+,9?/m0/s1. The van der Waals surface area contributed by atoms with Gasteiger partial charge in [0.25, 0.3) is 0 Å². The van der Waals surface area contributed by atoms with E-state index in [-0.39, 0.29) is 26.1 Å². The van der Waals surface area contributed by atoms with Crippen LogP contribution >= 0.6 is 0 Å². The minimum Gasteiger partial charge on any atom is -0.386 e. The molecule has 22 heavy (non-hydrogen) atoms. The summed E-state index contributed by atoms with van der Waals surface area (Å²) in [4.78, 5) is 13.1. The molecule has 8 nitrogen and oxygen atoms in total. The maximum absolute atomic E-state index is 11.9. The predicted molar refractivity (Wildman–Crippen MR) is 67.5 cm³/mol. The topological polar surface area (TPSA) is 117 Å². The van der Waals surface area contributed by atoms with Crippen molar-refractivity contribution in [3.8, 4) is 0 Å². The van der Waals surface area contributed by atoms with Crippen LogP contribution < -0.4 is 5.32 Å². The van der Waals surface area contributed by atoms with E-state index in [2.05, 4.69) is 10.0 Å². The van der Waals surface area contributed by atoms with Crippen molar-refractivity contribution in [3.63, 3.8) is 0 Å². The fourth-order valence-corrected chi connectivity index (χ4v) is 1.56. The van der Waals surface area contributed by atoms with E-state index in [4.69, 9.17) is 15.0 Å². The molecule has 0 aromatic rings. The van der Waals surface area contributed by atoms with Crippen molar-refractivity contribution >= 4 is 5.91 Å². The Labute approximate surface area is 123 Å². The lowest BCUT2D eigenvalue weighted by molar-refractivity contribution is -0.174. The summed E-state index contributed by atoms with van der Waals surface area (Å²) in [5.41, 5.74) is 8.21. The minimum absolute atomic E-state index is 0.0392. The van der Waals surface area contributed by atoms with Crippen molar-refractivity contribution in [2.45, 2.75) is 31.1 Å². The summed E-state index contributed by atoms with van der Waals surface area (Å²) in [5.74, 6) is -2.00. The highest BCUT2D eigenvalue weighted by atomic mass is 19.4. The number of hydrogen-bond acceptors (Lipinski definition) is 5. The lowest BCUT2D eigenvalue weighted by Gasteiger charge is -2.28. The Hall–Kier alpha value is -1.81. The molecule has 0 saturated carbocycles. The quantitative estimate of drug-likeness (QED) is 0.239. The maximum Gasteiger partial charge on any atom is 0.471 e. The summed E-state index contributed by atoms with van der Waals surface area (Å²) in [6, 6.07) is 0. The van der Waals surface area contributed by atoms with E-state index in [1.54, 1.807) is 5.32 Å². The van der Waals surface area contributed by atoms with Gasteiger partial charge < -0.3 is 19.9 Å². The fraction of sp³-hybridized carbons (Fsp3) is 0.727. The number of ether oxygens (including phenoxy) is 2. The molecule has 0 aliphatic carbocycles. The summed E-state index contributed by atoms with van der Waals surface area (Å²) in [6.07, 6.45) is -4.39. The molecule has 0 aromatic heterocycles. The van der Waals surface area contributed by atoms with Gasteiger partial charge in [0.2, 0.25) is 0 Å². The molecule has 1 unspecified atom stereocenters. The maximum atomic E-state index is 11.9. The molecule has 1 rings (SSSR count). The van der Waals surface area contributed by atoms with E-state index in [9.17, 15) is 23.1 Å². The molecule has 11 heteroatoms. The normalized spacial score (nSPS) is 24.6. The third-order valence-electron chi connectivity index (χ3n) is 2.63. The van der Waals surface area contributed by atoms with E-state index in [1.807, 2.05) is 0 Å². The van der Waals surface area contributed by atoms with Crippen LogP contribution in [0, 0.1) is 0 Å². The predicted octanol–water partition coefficient (Wildman–Crippen LogP) is 1.02. The van der Waals surface area contributed by atoms with Gasteiger partial charge in [-0.15, -0.1) is 0 Å². The number of carbonyl (C=O) groups is 1. The molecule has 0 fully saturated rings. The smallest absolute Gasteiger partial charge is 0.386 e. The van der Waals surface area contributed by atoms with Gasteiger partial charge in [-0.05, 0) is 18.0 Å². The molecule has 2 N–H and O–H groups in total. The summed E-state index contributed by atoms with van der Waals surface area (Å²) in [7, 11) is 0. The fourth-order valence-electron chi connectivity index (χ4n) is 1.56.